The molecule has 7 heteroatoms. The van der Waals surface area contributed by atoms with Crippen LogP contribution in [0.3, 0.4) is 0 Å². The first-order valence-corrected chi connectivity index (χ1v) is 6.20. The largest absolute Gasteiger partial charge is 0.385 e. The van der Waals surface area contributed by atoms with Gasteiger partial charge in [0.05, 0.1) is 6.04 Å². The van der Waals surface area contributed by atoms with E-state index >= 15 is 0 Å². The van der Waals surface area contributed by atoms with Crippen molar-refractivity contribution in [2.24, 2.45) is 5.73 Å². The second kappa shape index (κ2) is 6.03. The normalized spacial score (nSPS) is 12.6. The number of halogens is 1. The van der Waals surface area contributed by atoms with Gasteiger partial charge in [-0.25, -0.2) is 0 Å². The number of methoxy groups -OCH3 is 1. The molecule has 0 aromatic carbocycles. The first-order valence-electron chi connectivity index (χ1n) is 5.40. The van der Waals surface area contributed by atoms with Gasteiger partial charge in [-0.2, -0.15) is 4.98 Å². The molecule has 2 heterocycles. The van der Waals surface area contributed by atoms with E-state index in [1.165, 1.54) is 0 Å². The van der Waals surface area contributed by atoms with Crippen molar-refractivity contribution >= 4 is 15.9 Å². The Morgan fingerprint density at radius 2 is 2.33 bits per heavy atom. The Kier molecular flexibility index (Phi) is 4.40. The summed E-state index contributed by atoms with van der Waals surface area (Å²) in [4.78, 5) is 8.41. The molecule has 2 N–H and O–H groups in total. The molecule has 0 saturated carbocycles. The van der Waals surface area contributed by atoms with Gasteiger partial charge in [0.15, 0.2) is 0 Å². The highest BCUT2D eigenvalue weighted by atomic mass is 79.9. The van der Waals surface area contributed by atoms with Gasteiger partial charge in [-0.05, 0) is 34.5 Å². The number of nitrogens with zero attached hydrogens (tertiary/aromatic N) is 3. The van der Waals surface area contributed by atoms with Crippen molar-refractivity contribution in [1.29, 1.82) is 0 Å². The monoisotopic (exact) mass is 312 g/mol. The maximum absolute atomic E-state index is 5.89. The van der Waals surface area contributed by atoms with E-state index in [9.17, 15) is 0 Å². The van der Waals surface area contributed by atoms with Crippen molar-refractivity contribution in [3.05, 3.63) is 28.7 Å². The van der Waals surface area contributed by atoms with Crippen LogP contribution in [0.1, 0.15) is 18.4 Å². The van der Waals surface area contributed by atoms with Crippen LogP contribution >= 0.6 is 15.9 Å². The zero-order valence-corrected chi connectivity index (χ0v) is 11.4. The molecule has 1 unspecified atom stereocenters. The summed E-state index contributed by atoms with van der Waals surface area (Å²) in [5.41, 5.74) is 6.54. The minimum Gasteiger partial charge on any atom is -0.385 e. The van der Waals surface area contributed by atoms with Crippen LogP contribution in [-0.4, -0.2) is 28.8 Å². The summed E-state index contributed by atoms with van der Waals surface area (Å²) in [6.45, 7) is 0.551. The fourth-order valence-electron chi connectivity index (χ4n) is 1.37. The smallest absolute Gasteiger partial charge is 0.244 e. The minimum absolute atomic E-state index is 0.318. The van der Waals surface area contributed by atoms with E-state index in [4.69, 9.17) is 15.0 Å². The van der Waals surface area contributed by atoms with Gasteiger partial charge in [-0.3, -0.25) is 4.98 Å². The molecule has 2 aromatic heterocycles. The van der Waals surface area contributed by atoms with Gasteiger partial charge < -0.3 is 15.0 Å². The zero-order chi connectivity index (χ0) is 13.0. The van der Waals surface area contributed by atoms with Crippen LogP contribution in [0, 0.1) is 0 Å². The topological polar surface area (TPSA) is 87.1 Å². The van der Waals surface area contributed by atoms with Crippen LogP contribution in [0.5, 0.6) is 0 Å². The molecule has 0 spiro atoms. The Labute approximate surface area is 113 Å². The fourth-order valence-corrected chi connectivity index (χ4v) is 1.60. The molecule has 0 bridgehead atoms. The van der Waals surface area contributed by atoms with Crippen LogP contribution in [0.15, 0.2) is 27.3 Å². The van der Waals surface area contributed by atoms with Crippen LogP contribution < -0.4 is 5.73 Å². The van der Waals surface area contributed by atoms with E-state index in [0.29, 0.717) is 30.4 Å². The van der Waals surface area contributed by atoms with Crippen molar-refractivity contribution in [2.75, 3.05) is 13.7 Å². The number of hydrogen-bond acceptors (Lipinski definition) is 6. The summed E-state index contributed by atoms with van der Waals surface area (Å²) in [6.07, 6.45) is 2.31. The molecule has 0 saturated heterocycles. The van der Waals surface area contributed by atoms with Crippen molar-refractivity contribution in [3.63, 3.8) is 0 Å². The van der Waals surface area contributed by atoms with E-state index in [0.717, 1.165) is 4.47 Å². The molecule has 0 aliphatic rings. The molecular formula is C11H13BrN4O2. The first kappa shape index (κ1) is 13.1. The molecule has 0 aliphatic heterocycles. The lowest BCUT2D eigenvalue weighted by Crippen LogP contribution is -2.13. The number of hydrogen-bond donors (Lipinski definition) is 1. The second-order valence-corrected chi connectivity index (χ2v) is 4.62. The van der Waals surface area contributed by atoms with Crippen molar-refractivity contribution in [1.82, 2.24) is 15.1 Å². The SMILES string of the molecule is COCCC(N)c1nc(-c2ccc(Br)cn2)no1. The average Bonchev–Trinajstić information content (AvgIpc) is 2.86. The molecule has 0 amide bonds. The number of pyridine rings is 1. The highest BCUT2D eigenvalue weighted by molar-refractivity contribution is 9.10. The maximum atomic E-state index is 5.89. The molecule has 18 heavy (non-hydrogen) atoms. The molecule has 1 atom stereocenters. The first-order chi connectivity index (χ1) is 8.70. The summed E-state index contributed by atoms with van der Waals surface area (Å²) >= 11 is 3.31. The lowest BCUT2D eigenvalue weighted by Gasteiger charge is -2.04. The van der Waals surface area contributed by atoms with Crippen molar-refractivity contribution < 1.29 is 9.26 Å². The fraction of sp³-hybridized carbons (Fsp3) is 0.364. The molecule has 2 aromatic rings. The summed E-state index contributed by atoms with van der Waals surface area (Å²) in [5.74, 6) is 0.831. The number of nitrogens with two attached hydrogens (primary N) is 1. The molecule has 0 radical (unpaired) electrons. The summed E-state index contributed by atoms with van der Waals surface area (Å²) in [5, 5.41) is 3.86. The van der Waals surface area contributed by atoms with E-state index in [-0.39, 0.29) is 6.04 Å². The zero-order valence-electron chi connectivity index (χ0n) is 9.84. The van der Waals surface area contributed by atoms with Gasteiger partial charge in [0.1, 0.15) is 5.69 Å². The van der Waals surface area contributed by atoms with Crippen molar-refractivity contribution in [2.45, 2.75) is 12.5 Å². The third-order valence-electron chi connectivity index (χ3n) is 2.35. The van der Waals surface area contributed by atoms with E-state index < -0.39 is 0 Å². The Hall–Kier alpha value is -1.31. The molecule has 0 aliphatic carbocycles. The van der Waals surface area contributed by atoms with E-state index in [1.54, 1.807) is 19.4 Å². The third-order valence-corrected chi connectivity index (χ3v) is 2.82. The summed E-state index contributed by atoms with van der Waals surface area (Å²) in [6, 6.07) is 3.35. The Bertz CT molecular complexity index is 500. The quantitative estimate of drug-likeness (QED) is 0.907. The Morgan fingerprint density at radius 1 is 1.50 bits per heavy atom. The van der Waals surface area contributed by atoms with Crippen LogP contribution in [-0.2, 0) is 4.74 Å². The predicted octanol–water partition coefficient (Wildman–Crippen LogP) is 1.93. The number of rotatable bonds is 5. The second-order valence-electron chi connectivity index (χ2n) is 3.71. The number of ether oxygens (including phenoxy) is 1. The van der Waals surface area contributed by atoms with Gasteiger partial charge in [-0.15, -0.1) is 0 Å². The van der Waals surface area contributed by atoms with E-state index in [2.05, 4.69) is 31.1 Å². The molecule has 96 valence electrons. The predicted molar refractivity (Wildman–Crippen MR) is 68.7 cm³/mol. The van der Waals surface area contributed by atoms with Gasteiger partial charge in [-0.1, -0.05) is 5.16 Å². The van der Waals surface area contributed by atoms with Crippen LogP contribution in [0.25, 0.3) is 11.5 Å². The highest BCUT2D eigenvalue weighted by Gasteiger charge is 2.15. The molecular weight excluding hydrogens is 300 g/mol. The van der Waals surface area contributed by atoms with Crippen LogP contribution in [0.4, 0.5) is 0 Å². The lowest BCUT2D eigenvalue weighted by atomic mass is 10.2. The third kappa shape index (κ3) is 3.12. The summed E-state index contributed by atoms with van der Waals surface area (Å²) in [7, 11) is 1.62. The Morgan fingerprint density at radius 3 is 3.00 bits per heavy atom. The van der Waals surface area contributed by atoms with Gasteiger partial charge in [0, 0.05) is 24.4 Å². The minimum atomic E-state index is -0.318. The molecule has 6 nitrogen and oxygen atoms in total. The van der Waals surface area contributed by atoms with Gasteiger partial charge in [0.2, 0.25) is 11.7 Å². The van der Waals surface area contributed by atoms with Crippen molar-refractivity contribution in [3.8, 4) is 11.5 Å². The number of aromatic nitrogens is 3. The lowest BCUT2D eigenvalue weighted by molar-refractivity contribution is 0.182. The van der Waals surface area contributed by atoms with E-state index in [1.807, 2.05) is 6.07 Å². The van der Waals surface area contributed by atoms with Gasteiger partial charge in [0.25, 0.3) is 0 Å². The maximum Gasteiger partial charge on any atom is 0.244 e. The highest BCUT2D eigenvalue weighted by Crippen LogP contribution is 2.18. The summed E-state index contributed by atoms with van der Waals surface area (Å²) < 4.78 is 11.0. The molecule has 2 rings (SSSR count). The Balaban J connectivity index is 2.12. The van der Waals surface area contributed by atoms with Gasteiger partial charge >= 0.3 is 0 Å². The standard InChI is InChI=1S/C11H13BrN4O2/c1-17-5-4-8(13)11-15-10(16-18-11)9-3-2-7(12)6-14-9/h2-3,6,8H,4-5,13H2,1H3. The van der Waals surface area contributed by atoms with Crippen LogP contribution in [0.2, 0.25) is 0 Å². The molecule has 0 fully saturated rings. The average molecular weight is 313 g/mol.